The number of aryl methyl sites for hydroxylation is 1. The summed E-state index contributed by atoms with van der Waals surface area (Å²) in [4.78, 5) is 25.2. The molecular formula is C17H21N5OS. The molecule has 1 atom stereocenters. The molecule has 0 aromatic carbocycles. The van der Waals surface area contributed by atoms with Crippen LogP contribution in [0.2, 0.25) is 0 Å². The van der Waals surface area contributed by atoms with E-state index in [1.165, 1.54) is 4.88 Å². The monoisotopic (exact) mass is 343 g/mol. The normalized spacial score (nSPS) is 17.4. The number of rotatable bonds is 5. The van der Waals surface area contributed by atoms with Crippen molar-refractivity contribution in [2.75, 3.05) is 26.7 Å². The lowest BCUT2D eigenvalue weighted by Gasteiger charge is -2.21. The number of hydrogen-bond donors (Lipinski definition) is 1. The van der Waals surface area contributed by atoms with Crippen molar-refractivity contribution in [3.63, 3.8) is 0 Å². The highest BCUT2D eigenvalue weighted by Gasteiger charge is 2.28. The Hall–Kier alpha value is -2.17. The van der Waals surface area contributed by atoms with Crippen molar-refractivity contribution >= 4 is 17.2 Å². The number of carbonyl (C=O) groups is 1. The van der Waals surface area contributed by atoms with Crippen LogP contribution in [0.25, 0.3) is 0 Å². The minimum absolute atomic E-state index is 0.0139. The summed E-state index contributed by atoms with van der Waals surface area (Å²) in [5.41, 5.74) is 3.99. The van der Waals surface area contributed by atoms with Crippen molar-refractivity contribution in [3.05, 3.63) is 39.6 Å². The van der Waals surface area contributed by atoms with Crippen LogP contribution in [0.15, 0.2) is 17.8 Å². The molecule has 0 aliphatic carbocycles. The molecule has 0 spiro atoms. The molecule has 1 aliphatic heterocycles. The molecule has 1 fully saturated rings. The zero-order chi connectivity index (χ0) is 17.1. The van der Waals surface area contributed by atoms with E-state index in [0.717, 1.165) is 38.3 Å². The van der Waals surface area contributed by atoms with Gasteiger partial charge in [-0.05, 0) is 32.4 Å². The second-order valence-electron chi connectivity index (χ2n) is 6.38. The Kier molecular flexibility index (Phi) is 4.97. The van der Waals surface area contributed by atoms with Crippen LogP contribution in [0.1, 0.15) is 33.0 Å². The lowest BCUT2D eigenvalue weighted by molar-refractivity contribution is 0.0779. The molecule has 1 unspecified atom stereocenters. The van der Waals surface area contributed by atoms with Crippen molar-refractivity contribution in [3.8, 4) is 6.07 Å². The van der Waals surface area contributed by atoms with Crippen LogP contribution in [-0.4, -0.2) is 52.4 Å². The topological polar surface area (TPSA) is 76.0 Å². The number of nitriles is 1. The summed E-state index contributed by atoms with van der Waals surface area (Å²) in [7, 11) is 2.12. The van der Waals surface area contributed by atoms with Gasteiger partial charge in [-0.1, -0.05) is 0 Å². The van der Waals surface area contributed by atoms with Crippen LogP contribution in [0.5, 0.6) is 0 Å². The van der Waals surface area contributed by atoms with E-state index in [1.807, 2.05) is 23.4 Å². The summed E-state index contributed by atoms with van der Waals surface area (Å²) in [5, 5.41) is 8.86. The minimum Gasteiger partial charge on any atom is -0.356 e. The molecule has 7 heteroatoms. The molecule has 0 bridgehead atoms. The van der Waals surface area contributed by atoms with E-state index in [2.05, 4.69) is 21.9 Å². The largest absolute Gasteiger partial charge is 0.356 e. The molecule has 6 nitrogen and oxygen atoms in total. The predicted octanol–water partition coefficient (Wildman–Crippen LogP) is 2.25. The van der Waals surface area contributed by atoms with E-state index in [1.54, 1.807) is 23.6 Å². The Morgan fingerprint density at radius 3 is 3.12 bits per heavy atom. The third-order valence-electron chi connectivity index (χ3n) is 4.44. The fourth-order valence-corrected chi connectivity index (χ4v) is 4.00. The van der Waals surface area contributed by atoms with E-state index in [4.69, 9.17) is 5.26 Å². The third-order valence-corrected chi connectivity index (χ3v) is 5.36. The van der Waals surface area contributed by atoms with Gasteiger partial charge in [-0.3, -0.25) is 4.79 Å². The van der Waals surface area contributed by atoms with Gasteiger partial charge in [0.25, 0.3) is 5.91 Å². The molecule has 1 amide bonds. The minimum atomic E-state index is -0.0139. The molecule has 0 saturated carbocycles. The lowest BCUT2D eigenvalue weighted by atomic mass is 10.1. The Morgan fingerprint density at radius 2 is 2.46 bits per heavy atom. The van der Waals surface area contributed by atoms with Crippen LogP contribution in [0.3, 0.4) is 0 Å². The van der Waals surface area contributed by atoms with Crippen LogP contribution in [-0.2, 0) is 6.54 Å². The molecule has 126 valence electrons. The summed E-state index contributed by atoms with van der Waals surface area (Å²) in [6, 6.07) is 3.66. The molecule has 0 radical (unpaired) electrons. The van der Waals surface area contributed by atoms with Gasteiger partial charge in [0.05, 0.1) is 16.8 Å². The second kappa shape index (κ2) is 7.16. The highest BCUT2D eigenvalue weighted by Crippen LogP contribution is 2.21. The molecule has 1 aliphatic rings. The highest BCUT2D eigenvalue weighted by molar-refractivity contribution is 7.09. The average molecular weight is 343 g/mol. The Labute approximate surface area is 145 Å². The maximum Gasteiger partial charge on any atom is 0.270 e. The molecule has 2 aromatic rings. The molecule has 1 saturated heterocycles. The van der Waals surface area contributed by atoms with Crippen molar-refractivity contribution in [1.82, 2.24) is 19.8 Å². The maximum atomic E-state index is 12.5. The number of H-pyrrole nitrogens is 1. The Balaban J connectivity index is 1.52. The number of nitrogens with zero attached hydrogens (tertiary/aromatic N) is 4. The summed E-state index contributed by atoms with van der Waals surface area (Å²) < 4.78 is 0. The predicted molar refractivity (Wildman–Crippen MR) is 92.7 cm³/mol. The second-order valence-corrected chi connectivity index (χ2v) is 7.32. The van der Waals surface area contributed by atoms with Gasteiger partial charge in [0.2, 0.25) is 0 Å². The van der Waals surface area contributed by atoms with Crippen LogP contribution < -0.4 is 0 Å². The number of carbonyl (C=O) groups excluding carboxylic acids is 1. The summed E-state index contributed by atoms with van der Waals surface area (Å²) >= 11 is 1.70. The van der Waals surface area contributed by atoms with E-state index in [-0.39, 0.29) is 5.91 Å². The van der Waals surface area contributed by atoms with Gasteiger partial charge in [0.1, 0.15) is 11.8 Å². The van der Waals surface area contributed by atoms with Gasteiger partial charge in [-0.15, -0.1) is 11.3 Å². The molecule has 24 heavy (non-hydrogen) atoms. The first-order chi connectivity index (χ1) is 11.6. The third kappa shape index (κ3) is 3.66. The zero-order valence-corrected chi connectivity index (χ0v) is 14.8. The van der Waals surface area contributed by atoms with Crippen molar-refractivity contribution in [2.45, 2.75) is 19.9 Å². The lowest BCUT2D eigenvalue weighted by Crippen LogP contribution is -2.31. The first-order valence-electron chi connectivity index (χ1n) is 8.02. The van der Waals surface area contributed by atoms with E-state index in [0.29, 0.717) is 17.2 Å². The standard InChI is InChI=1S/C17H21N5OS/c1-12-16(24-11-20-12)10-21(2)8-13-3-4-22(9-13)17(23)15-5-14(6-18)7-19-15/h5,7,11,13,19H,3-4,8-10H2,1-2H3. The summed E-state index contributed by atoms with van der Waals surface area (Å²) in [6.45, 7) is 5.46. The van der Waals surface area contributed by atoms with Crippen LogP contribution >= 0.6 is 11.3 Å². The average Bonchev–Trinajstić information content (AvgIpc) is 3.29. The van der Waals surface area contributed by atoms with Crippen LogP contribution in [0.4, 0.5) is 0 Å². The van der Waals surface area contributed by atoms with Crippen molar-refractivity contribution in [2.24, 2.45) is 5.92 Å². The van der Waals surface area contributed by atoms with Gasteiger partial charge in [-0.25, -0.2) is 4.98 Å². The van der Waals surface area contributed by atoms with Crippen LogP contribution in [0, 0.1) is 24.2 Å². The molecule has 2 aromatic heterocycles. The summed E-state index contributed by atoms with van der Waals surface area (Å²) in [6.07, 6.45) is 2.59. The Bertz CT molecular complexity index is 759. The number of aromatic amines is 1. The summed E-state index contributed by atoms with van der Waals surface area (Å²) in [5.74, 6) is 0.470. The van der Waals surface area contributed by atoms with Crippen molar-refractivity contribution in [1.29, 1.82) is 5.26 Å². The number of hydrogen-bond acceptors (Lipinski definition) is 5. The number of thiazole rings is 1. The smallest absolute Gasteiger partial charge is 0.270 e. The first kappa shape index (κ1) is 16.7. The number of nitrogens with one attached hydrogen (secondary N) is 1. The SMILES string of the molecule is Cc1ncsc1CN(C)CC1CCN(C(=O)c2cc(C#N)c[nH]2)C1. The van der Waals surface area contributed by atoms with Gasteiger partial charge in [-0.2, -0.15) is 5.26 Å². The van der Waals surface area contributed by atoms with E-state index >= 15 is 0 Å². The number of amides is 1. The van der Waals surface area contributed by atoms with E-state index < -0.39 is 0 Å². The molecule has 1 N–H and O–H groups in total. The molecule has 3 heterocycles. The highest BCUT2D eigenvalue weighted by atomic mass is 32.1. The quantitative estimate of drug-likeness (QED) is 0.903. The zero-order valence-electron chi connectivity index (χ0n) is 14.0. The number of aromatic nitrogens is 2. The molecular weight excluding hydrogens is 322 g/mol. The van der Waals surface area contributed by atoms with Gasteiger partial charge in [0, 0.05) is 37.3 Å². The van der Waals surface area contributed by atoms with Crippen molar-refractivity contribution < 1.29 is 4.79 Å². The fraction of sp³-hybridized carbons (Fsp3) is 0.471. The van der Waals surface area contributed by atoms with Gasteiger partial charge >= 0.3 is 0 Å². The number of likely N-dealkylation sites (tertiary alicyclic amines) is 1. The first-order valence-corrected chi connectivity index (χ1v) is 8.90. The molecule has 3 rings (SSSR count). The van der Waals surface area contributed by atoms with E-state index in [9.17, 15) is 4.79 Å². The van der Waals surface area contributed by atoms with Gasteiger partial charge in [0.15, 0.2) is 0 Å². The Morgan fingerprint density at radius 1 is 1.62 bits per heavy atom. The van der Waals surface area contributed by atoms with Gasteiger partial charge < -0.3 is 14.8 Å². The fourth-order valence-electron chi connectivity index (χ4n) is 3.15. The maximum absolute atomic E-state index is 12.5.